The van der Waals surface area contributed by atoms with Gasteiger partial charge in [-0.25, -0.2) is 4.39 Å². The van der Waals surface area contributed by atoms with Crippen LogP contribution in [0.5, 0.6) is 5.75 Å². The van der Waals surface area contributed by atoms with E-state index in [1.54, 1.807) is 24.3 Å². The van der Waals surface area contributed by atoms with Crippen LogP contribution in [-0.4, -0.2) is 16.2 Å². The molecule has 3 nitrogen and oxygen atoms in total. The van der Waals surface area contributed by atoms with Gasteiger partial charge in [0.05, 0.1) is 0 Å². The molecule has 120 valence electrons. The van der Waals surface area contributed by atoms with Crippen LogP contribution in [0.3, 0.4) is 0 Å². The highest BCUT2D eigenvalue weighted by Crippen LogP contribution is 2.44. The Morgan fingerprint density at radius 3 is 2.65 bits per heavy atom. The number of phenols is 1. The maximum absolute atomic E-state index is 14.7. The Bertz CT molecular complexity index is 743. The molecule has 2 aromatic rings. The summed E-state index contributed by atoms with van der Waals surface area (Å²) in [6.45, 7) is 1.89. The number of benzene rings is 2. The van der Waals surface area contributed by atoms with Gasteiger partial charge >= 0.3 is 5.97 Å². The van der Waals surface area contributed by atoms with Crippen molar-refractivity contribution >= 4 is 5.97 Å². The standard InChI is InChI=1S/C19H19FO3/c1-11-3-2-4-16(21)18(11)14-9-13(7-8-17(22)23)19(20)15(10-14)12-5-6-12/h2-4,9-10,12,21H,5-8H2,1H3,(H,22,23). The molecule has 0 saturated heterocycles. The lowest BCUT2D eigenvalue weighted by atomic mass is 9.92. The van der Waals surface area contributed by atoms with E-state index in [2.05, 4.69) is 0 Å². The molecule has 0 spiro atoms. The average molecular weight is 314 g/mol. The van der Waals surface area contributed by atoms with E-state index in [1.165, 1.54) is 0 Å². The number of aryl methyl sites for hydroxylation is 2. The summed E-state index contributed by atoms with van der Waals surface area (Å²) in [4.78, 5) is 10.8. The molecule has 1 fully saturated rings. The van der Waals surface area contributed by atoms with E-state index in [1.807, 2.05) is 13.0 Å². The fraction of sp³-hybridized carbons (Fsp3) is 0.316. The summed E-state index contributed by atoms with van der Waals surface area (Å²) in [5.41, 5.74) is 3.40. The van der Waals surface area contributed by atoms with Crippen molar-refractivity contribution in [2.45, 2.75) is 38.5 Å². The van der Waals surface area contributed by atoms with E-state index < -0.39 is 5.97 Å². The molecule has 3 rings (SSSR count). The SMILES string of the molecule is Cc1cccc(O)c1-c1cc(CCC(=O)O)c(F)c(C2CC2)c1. The van der Waals surface area contributed by atoms with Gasteiger partial charge in [0.25, 0.3) is 0 Å². The molecule has 4 heteroatoms. The maximum Gasteiger partial charge on any atom is 0.303 e. The summed E-state index contributed by atoms with van der Waals surface area (Å²) in [6.07, 6.45) is 1.96. The molecule has 0 radical (unpaired) electrons. The highest BCUT2D eigenvalue weighted by molar-refractivity contribution is 5.75. The first-order valence-electron chi connectivity index (χ1n) is 7.80. The Labute approximate surface area is 134 Å². The molecular weight excluding hydrogens is 295 g/mol. The van der Waals surface area contributed by atoms with E-state index >= 15 is 0 Å². The zero-order valence-corrected chi connectivity index (χ0v) is 13.0. The number of halogens is 1. The van der Waals surface area contributed by atoms with Crippen molar-refractivity contribution in [1.29, 1.82) is 0 Å². The van der Waals surface area contributed by atoms with Crippen LogP contribution in [0.4, 0.5) is 4.39 Å². The normalized spacial score (nSPS) is 14.0. The Morgan fingerprint density at radius 1 is 1.30 bits per heavy atom. The Kier molecular flexibility index (Phi) is 4.07. The van der Waals surface area contributed by atoms with E-state index in [-0.39, 0.29) is 30.3 Å². The van der Waals surface area contributed by atoms with Gasteiger partial charge in [0.2, 0.25) is 0 Å². The lowest BCUT2D eigenvalue weighted by molar-refractivity contribution is -0.136. The smallest absolute Gasteiger partial charge is 0.303 e. The molecule has 2 N–H and O–H groups in total. The van der Waals surface area contributed by atoms with Gasteiger partial charge in [-0.1, -0.05) is 12.1 Å². The molecule has 0 aromatic heterocycles. The van der Waals surface area contributed by atoms with Crippen molar-refractivity contribution < 1.29 is 19.4 Å². The van der Waals surface area contributed by atoms with Crippen LogP contribution in [0.25, 0.3) is 11.1 Å². The van der Waals surface area contributed by atoms with E-state index in [4.69, 9.17) is 5.11 Å². The van der Waals surface area contributed by atoms with Gasteiger partial charge in [-0.15, -0.1) is 0 Å². The predicted molar refractivity (Wildman–Crippen MR) is 86.2 cm³/mol. The number of carbonyl (C=O) groups is 1. The fourth-order valence-corrected chi connectivity index (χ4v) is 3.00. The van der Waals surface area contributed by atoms with Crippen molar-refractivity contribution in [1.82, 2.24) is 0 Å². The summed E-state index contributed by atoms with van der Waals surface area (Å²) in [6, 6.07) is 8.75. The molecule has 23 heavy (non-hydrogen) atoms. The van der Waals surface area contributed by atoms with Gasteiger partial charge in [-0.2, -0.15) is 0 Å². The number of carboxylic acids is 1. The second kappa shape index (κ2) is 6.03. The lowest BCUT2D eigenvalue weighted by Gasteiger charge is -2.14. The third kappa shape index (κ3) is 3.21. The Morgan fingerprint density at radius 2 is 2.04 bits per heavy atom. The minimum atomic E-state index is -0.943. The zero-order chi connectivity index (χ0) is 16.6. The molecule has 1 saturated carbocycles. The Balaban J connectivity index is 2.11. The van der Waals surface area contributed by atoms with Crippen LogP contribution in [-0.2, 0) is 11.2 Å². The van der Waals surface area contributed by atoms with E-state index in [0.29, 0.717) is 16.7 Å². The third-order valence-corrected chi connectivity index (χ3v) is 4.34. The molecule has 0 atom stereocenters. The maximum atomic E-state index is 14.7. The number of hydrogen-bond donors (Lipinski definition) is 2. The second-order valence-corrected chi connectivity index (χ2v) is 6.18. The van der Waals surface area contributed by atoms with Crippen LogP contribution >= 0.6 is 0 Å². The first-order valence-corrected chi connectivity index (χ1v) is 7.80. The first-order chi connectivity index (χ1) is 11.0. The number of aliphatic carboxylic acids is 1. The van der Waals surface area contributed by atoms with Crippen molar-refractivity contribution in [3.05, 3.63) is 52.8 Å². The number of carboxylic acid groups (broad SMARTS) is 1. The van der Waals surface area contributed by atoms with Gasteiger partial charge in [-0.05, 0) is 72.6 Å². The highest BCUT2D eigenvalue weighted by atomic mass is 19.1. The van der Waals surface area contributed by atoms with E-state index in [9.17, 15) is 14.3 Å². The topological polar surface area (TPSA) is 57.5 Å². The summed E-state index contributed by atoms with van der Waals surface area (Å²) in [5.74, 6) is -0.862. The predicted octanol–water partition coefficient (Wildman–Crippen LogP) is 4.40. The molecule has 0 heterocycles. The van der Waals surface area contributed by atoms with Crippen LogP contribution in [0.15, 0.2) is 30.3 Å². The lowest BCUT2D eigenvalue weighted by Crippen LogP contribution is -2.02. The van der Waals surface area contributed by atoms with Gasteiger partial charge in [-0.3, -0.25) is 4.79 Å². The van der Waals surface area contributed by atoms with Gasteiger partial charge < -0.3 is 10.2 Å². The zero-order valence-electron chi connectivity index (χ0n) is 13.0. The summed E-state index contributed by atoms with van der Waals surface area (Å²) in [7, 11) is 0. The minimum absolute atomic E-state index is 0.107. The third-order valence-electron chi connectivity index (χ3n) is 4.34. The van der Waals surface area contributed by atoms with Crippen LogP contribution in [0, 0.1) is 12.7 Å². The van der Waals surface area contributed by atoms with Gasteiger partial charge in [0.1, 0.15) is 11.6 Å². The van der Waals surface area contributed by atoms with Crippen molar-refractivity contribution in [2.24, 2.45) is 0 Å². The van der Waals surface area contributed by atoms with Crippen LogP contribution in [0.1, 0.15) is 41.9 Å². The number of aromatic hydroxyl groups is 1. The van der Waals surface area contributed by atoms with Gasteiger partial charge in [0, 0.05) is 12.0 Å². The molecule has 0 aliphatic heterocycles. The summed E-state index contributed by atoms with van der Waals surface area (Å²) >= 11 is 0. The fourth-order valence-electron chi connectivity index (χ4n) is 3.00. The van der Waals surface area contributed by atoms with Crippen LogP contribution in [0.2, 0.25) is 0 Å². The number of rotatable bonds is 5. The average Bonchev–Trinajstić information content (AvgIpc) is 3.31. The largest absolute Gasteiger partial charge is 0.507 e. The highest BCUT2D eigenvalue weighted by Gasteiger charge is 2.28. The van der Waals surface area contributed by atoms with Gasteiger partial charge in [0.15, 0.2) is 0 Å². The molecule has 0 unspecified atom stereocenters. The minimum Gasteiger partial charge on any atom is -0.507 e. The van der Waals surface area contributed by atoms with Crippen molar-refractivity contribution in [3.8, 4) is 16.9 Å². The first kappa shape index (κ1) is 15.5. The molecule has 1 aliphatic carbocycles. The molecule has 1 aliphatic rings. The quantitative estimate of drug-likeness (QED) is 0.860. The molecule has 0 amide bonds. The second-order valence-electron chi connectivity index (χ2n) is 6.18. The van der Waals surface area contributed by atoms with E-state index in [0.717, 1.165) is 24.0 Å². The number of phenolic OH excluding ortho intramolecular Hbond substituents is 1. The Hall–Kier alpha value is -2.36. The van der Waals surface area contributed by atoms with Crippen molar-refractivity contribution in [2.75, 3.05) is 0 Å². The van der Waals surface area contributed by atoms with Crippen LogP contribution < -0.4 is 0 Å². The number of hydrogen-bond acceptors (Lipinski definition) is 2. The van der Waals surface area contributed by atoms with Crippen molar-refractivity contribution in [3.63, 3.8) is 0 Å². The monoisotopic (exact) mass is 314 g/mol. The molecule has 0 bridgehead atoms. The summed E-state index contributed by atoms with van der Waals surface area (Å²) in [5, 5.41) is 19.0. The molecular formula is C19H19FO3. The summed E-state index contributed by atoms with van der Waals surface area (Å²) < 4.78 is 14.7. The molecule has 2 aromatic carbocycles.